The highest BCUT2D eigenvalue weighted by Gasteiger charge is 2.30. The molecule has 1 aromatic rings. The van der Waals surface area contributed by atoms with Crippen LogP contribution in [0.4, 0.5) is 0 Å². The Balaban J connectivity index is 2.11. The van der Waals surface area contributed by atoms with Gasteiger partial charge in [-0.05, 0) is 36.6 Å². The summed E-state index contributed by atoms with van der Waals surface area (Å²) in [5.74, 6) is 0.365. The molecule has 0 fully saturated rings. The number of fused-ring (bicyclic) bond motifs is 1. The minimum absolute atomic E-state index is 0.0332. The van der Waals surface area contributed by atoms with E-state index in [1.807, 2.05) is 13.8 Å². The smallest absolute Gasteiger partial charge is 0.261 e. The molecule has 2 rings (SSSR count). The lowest BCUT2D eigenvalue weighted by molar-refractivity contribution is -0.128. The molecule has 3 N–H and O–H groups in total. The molecule has 0 saturated carbocycles. The maximum absolute atomic E-state index is 12.1. The Kier molecular flexibility index (Phi) is 4.53. The van der Waals surface area contributed by atoms with Gasteiger partial charge in [-0.15, -0.1) is 0 Å². The largest absolute Gasteiger partial charge is 0.480 e. The van der Waals surface area contributed by atoms with E-state index in [1.165, 1.54) is 12.1 Å². The van der Waals surface area contributed by atoms with Gasteiger partial charge in [-0.25, -0.2) is 13.6 Å². The van der Waals surface area contributed by atoms with E-state index >= 15 is 0 Å². The number of benzene rings is 1. The minimum atomic E-state index is -3.75. The van der Waals surface area contributed by atoms with Gasteiger partial charge in [-0.3, -0.25) is 4.79 Å². The van der Waals surface area contributed by atoms with Gasteiger partial charge in [0.1, 0.15) is 5.75 Å². The van der Waals surface area contributed by atoms with Crippen molar-refractivity contribution >= 4 is 15.9 Å². The standard InChI is InChI=1S/C14H20N2O4S/c1-3-10(4-2)16-14(17)13-8-9-7-11(21(15,18)19)5-6-12(9)20-13/h5-7,10,13H,3-4,8H2,1-2H3,(H,16,17)(H2,15,18,19). The lowest BCUT2D eigenvalue weighted by atomic mass is 10.1. The van der Waals surface area contributed by atoms with Crippen LogP contribution in [0.25, 0.3) is 0 Å². The number of primary sulfonamides is 1. The monoisotopic (exact) mass is 312 g/mol. The van der Waals surface area contributed by atoms with Crippen LogP contribution >= 0.6 is 0 Å². The first kappa shape index (κ1) is 15.8. The van der Waals surface area contributed by atoms with Crippen molar-refractivity contribution in [3.8, 4) is 5.75 Å². The van der Waals surface area contributed by atoms with Gasteiger partial charge in [0, 0.05) is 12.5 Å². The number of rotatable bonds is 5. The number of hydrogen-bond acceptors (Lipinski definition) is 4. The summed E-state index contributed by atoms with van der Waals surface area (Å²) in [6, 6.07) is 4.52. The van der Waals surface area contributed by atoms with Gasteiger partial charge < -0.3 is 10.1 Å². The summed E-state index contributed by atoms with van der Waals surface area (Å²) in [6.45, 7) is 4.02. The van der Waals surface area contributed by atoms with E-state index < -0.39 is 16.1 Å². The van der Waals surface area contributed by atoms with Crippen LogP contribution in [0.2, 0.25) is 0 Å². The summed E-state index contributed by atoms with van der Waals surface area (Å²) in [5, 5.41) is 8.03. The first-order chi connectivity index (χ1) is 9.85. The summed E-state index contributed by atoms with van der Waals surface area (Å²) in [4.78, 5) is 12.2. The lowest BCUT2D eigenvalue weighted by Crippen LogP contribution is -2.42. The fourth-order valence-electron chi connectivity index (χ4n) is 2.34. The molecular weight excluding hydrogens is 292 g/mol. The molecule has 21 heavy (non-hydrogen) atoms. The molecule has 0 aromatic heterocycles. The van der Waals surface area contributed by atoms with E-state index in [0.717, 1.165) is 12.8 Å². The Morgan fingerprint density at radius 2 is 2.10 bits per heavy atom. The van der Waals surface area contributed by atoms with Gasteiger partial charge in [0.15, 0.2) is 6.10 Å². The first-order valence-electron chi connectivity index (χ1n) is 6.98. The quantitative estimate of drug-likeness (QED) is 0.845. The normalized spacial score (nSPS) is 17.4. The molecule has 0 radical (unpaired) electrons. The van der Waals surface area contributed by atoms with Crippen LogP contribution in [0, 0.1) is 0 Å². The lowest BCUT2D eigenvalue weighted by Gasteiger charge is -2.17. The zero-order chi connectivity index (χ0) is 15.6. The highest BCUT2D eigenvalue weighted by molar-refractivity contribution is 7.89. The highest BCUT2D eigenvalue weighted by Crippen LogP contribution is 2.30. The van der Waals surface area contributed by atoms with E-state index in [4.69, 9.17) is 9.88 Å². The van der Waals surface area contributed by atoms with E-state index in [9.17, 15) is 13.2 Å². The third-order valence-corrected chi connectivity index (χ3v) is 4.57. The molecule has 0 saturated heterocycles. The molecule has 0 aliphatic carbocycles. The fourth-order valence-corrected chi connectivity index (χ4v) is 2.90. The molecule has 1 aliphatic rings. The Morgan fingerprint density at radius 3 is 2.67 bits per heavy atom. The highest BCUT2D eigenvalue weighted by atomic mass is 32.2. The summed E-state index contributed by atoms with van der Waals surface area (Å²) < 4.78 is 28.2. The molecule has 1 amide bonds. The van der Waals surface area contributed by atoms with Gasteiger partial charge in [0.2, 0.25) is 10.0 Å². The Morgan fingerprint density at radius 1 is 1.43 bits per heavy atom. The van der Waals surface area contributed by atoms with E-state index in [-0.39, 0.29) is 16.8 Å². The van der Waals surface area contributed by atoms with Gasteiger partial charge in [0.25, 0.3) is 5.91 Å². The molecule has 7 heteroatoms. The Labute approximate surface area is 124 Å². The number of nitrogens with two attached hydrogens (primary N) is 1. The van der Waals surface area contributed by atoms with E-state index in [2.05, 4.69) is 5.32 Å². The topological polar surface area (TPSA) is 98.5 Å². The molecule has 1 unspecified atom stereocenters. The fraction of sp³-hybridized carbons (Fsp3) is 0.500. The molecule has 0 spiro atoms. The molecule has 1 aliphatic heterocycles. The predicted molar refractivity (Wildman–Crippen MR) is 78.4 cm³/mol. The summed E-state index contributed by atoms with van der Waals surface area (Å²) in [5.41, 5.74) is 0.686. The van der Waals surface area contributed by atoms with Gasteiger partial charge in [0.05, 0.1) is 4.90 Å². The summed E-state index contributed by atoms with van der Waals surface area (Å²) >= 11 is 0. The zero-order valence-electron chi connectivity index (χ0n) is 12.1. The summed E-state index contributed by atoms with van der Waals surface area (Å²) in [6.07, 6.45) is 1.45. The molecule has 116 valence electrons. The second-order valence-corrected chi connectivity index (χ2v) is 6.71. The second kappa shape index (κ2) is 6.03. The van der Waals surface area contributed by atoms with Crippen LogP contribution in [0.5, 0.6) is 5.75 Å². The third kappa shape index (κ3) is 3.54. The minimum Gasteiger partial charge on any atom is -0.480 e. The molecule has 6 nitrogen and oxygen atoms in total. The van der Waals surface area contributed by atoms with Crippen LogP contribution < -0.4 is 15.2 Å². The Bertz CT molecular complexity index is 638. The number of hydrogen-bond donors (Lipinski definition) is 2. The predicted octanol–water partition coefficient (Wildman–Crippen LogP) is 0.942. The number of sulfonamides is 1. The van der Waals surface area contributed by atoms with Crippen LogP contribution in [-0.2, 0) is 21.2 Å². The van der Waals surface area contributed by atoms with Crippen LogP contribution in [0.3, 0.4) is 0 Å². The van der Waals surface area contributed by atoms with Crippen molar-refractivity contribution in [3.05, 3.63) is 23.8 Å². The van der Waals surface area contributed by atoms with E-state index in [1.54, 1.807) is 6.07 Å². The number of ether oxygens (including phenoxy) is 1. The molecule has 1 atom stereocenters. The zero-order valence-corrected chi connectivity index (χ0v) is 12.9. The van der Waals surface area contributed by atoms with Crippen molar-refractivity contribution in [2.24, 2.45) is 5.14 Å². The first-order valence-corrected chi connectivity index (χ1v) is 8.52. The van der Waals surface area contributed by atoms with Crippen molar-refractivity contribution in [1.82, 2.24) is 5.32 Å². The molecule has 1 heterocycles. The van der Waals surface area contributed by atoms with Gasteiger partial charge >= 0.3 is 0 Å². The maximum atomic E-state index is 12.1. The van der Waals surface area contributed by atoms with Crippen LogP contribution in [0.1, 0.15) is 32.3 Å². The van der Waals surface area contributed by atoms with E-state index in [0.29, 0.717) is 17.7 Å². The Hall–Kier alpha value is -1.60. The third-order valence-electron chi connectivity index (χ3n) is 3.66. The van der Waals surface area contributed by atoms with Gasteiger partial charge in [-0.1, -0.05) is 13.8 Å². The molecule has 0 bridgehead atoms. The van der Waals surface area contributed by atoms with Crippen LogP contribution in [-0.4, -0.2) is 26.5 Å². The number of carbonyl (C=O) groups excluding carboxylic acids is 1. The maximum Gasteiger partial charge on any atom is 0.261 e. The van der Waals surface area contributed by atoms with Crippen molar-refractivity contribution in [3.63, 3.8) is 0 Å². The second-order valence-electron chi connectivity index (χ2n) is 5.15. The summed E-state index contributed by atoms with van der Waals surface area (Å²) in [7, 11) is -3.75. The van der Waals surface area contributed by atoms with Crippen molar-refractivity contribution in [2.75, 3.05) is 0 Å². The molecule has 1 aromatic carbocycles. The SMILES string of the molecule is CCC(CC)NC(=O)C1Cc2cc(S(N)(=O)=O)ccc2O1. The number of amides is 1. The van der Waals surface area contributed by atoms with Crippen molar-refractivity contribution < 1.29 is 17.9 Å². The number of carbonyl (C=O) groups is 1. The van der Waals surface area contributed by atoms with Crippen molar-refractivity contribution in [2.45, 2.75) is 50.2 Å². The van der Waals surface area contributed by atoms with Crippen LogP contribution in [0.15, 0.2) is 23.1 Å². The van der Waals surface area contributed by atoms with Gasteiger partial charge in [-0.2, -0.15) is 0 Å². The average Bonchev–Trinajstić information content (AvgIpc) is 2.86. The number of nitrogens with one attached hydrogen (secondary N) is 1. The van der Waals surface area contributed by atoms with Crippen molar-refractivity contribution in [1.29, 1.82) is 0 Å². The average molecular weight is 312 g/mol. The molecular formula is C14H20N2O4S.